The molecule has 5 heteroatoms. The predicted octanol–water partition coefficient (Wildman–Crippen LogP) is 1.02. The summed E-state index contributed by atoms with van der Waals surface area (Å²) >= 11 is 0. The van der Waals surface area contributed by atoms with Crippen LogP contribution in [0.5, 0.6) is 0 Å². The van der Waals surface area contributed by atoms with Crippen LogP contribution >= 0.6 is 0 Å². The van der Waals surface area contributed by atoms with Crippen molar-refractivity contribution in [2.75, 3.05) is 31.6 Å². The number of morpholine rings is 1. The number of rotatable bonds is 5. The van der Waals surface area contributed by atoms with Crippen LogP contribution < -0.4 is 10.6 Å². The molecule has 2 unspecified atom stereocenters. The Hall–Kier alpha value is -1.43. The molecule has 19 heavy (non-hydrogen) atoms. The Morgan fingerprint density at radius 1 is 1.53 bits per heavy atom. The zero-order valence-corrected chi connectivity index (χ0v) is 11.1. The van der Waals surface area contributed by atoms with E-state index in [0.29, 0.717) is 13.2 Å². The van der Waals surface area contributed by atoms with Crippen molar-refractivity contribution < 1.29 is 14.3 Å². The van der Waals surface area contributed by atoms with Crippen LogP contribution in [0.2, 0.25) is 0 Å². The van der Waals surface area contributed by atoms with Gasteiger partial charge >= 0.3 is 0 Å². The van der Waals surface area contributed by atoms with Crippen LogP contribution in [-0.4, -0.2) is 44.4 Å². The van der Waals surface area contributed by atoms with Gasteiger partial charge < -0.3 is 20.1 Å². The smallest absolute Gasteiger partial charge is 0.253 e. The van der Waals surface area contributed by atoms with Crippen molar-refractivity contribution in [1.29, 1.82) is 0 Å². The highest BCUT2D eigenvalue weighted by Gasteiger charge is 2.18. The first-order valence-corrected chi connectivity index (χ1v) is 6.55. The fraction of sp³-hybridized carbons (Fsp3) is 0.500. The molecular weight excluding hydrogens is 244 g/mol. The van der Waals surface area contributed by atoms with E-state index >= 15 is 0 Å². The van der Waals surface area contributed by atoms with Gasteiger partial charge in [0, 0.05) is 18.8 Å². The maximum absolute atomic E-state index is 11.9. The van der Waals surface area contributed by atoms with Crippen molar-refractivity contribution in [2.24, 2.45) is 0 Å². The molecular formula is C14H20N2O3. The number of carbonyl (C=O) groups excluding carboxylic acids is 1. The second kappa shape index (κ2) is 7.23. The Kier molecular flexibility index (Phi) is 5.32. The molecule has 1 aliphatic rings. The molecule has 0 saturated carbocycles. The van der Waals surface area contributed by atoms with Gasteiger partial charge in [0.2, 0.25) is 0 Å². The fourth-order valence-electron chi connectivity index (χ4n) is 1.82. The molecule has 1 saturated heterocycles. The van der Waals surface area contributed by atoms with Crippen LogP contribution in [0.1, 0.15) is 6.92 Å². The Morgan fingerprint density at radius 3 is 3.00 bits per heavy atom. The van der Waals surface area contributed by atoms with E-state index in [4.69, 9.17) is 9.47 Å². The fourth-order valence-corrected chi connectivity index (χ4v) is 1.82. The normalized spacial score (nSPS) is 20.8. The summed E-state index contributed by atoms with van der Waals surface area (Å²) in [6.45, 7) is 4.51. The monoisotopic (exact) mass is 264 g/mol. The van der Waals surface area contributed by atoms with Gasteiger partial charge in [0.05, 0.1) is 19.3 Å². The zero-order valence-electron chi connectivity index (χ0n) is 11.1. The number of carbonyl (C=O) groups is 1. The molecule has 0 radical (unpaired) electrons. The largest absolute Gasteiger partial charge is 0.373 e. The predicted molar refractivity (Wildman–Crippen MR) is 73.1 cm³/mol. The average Bonchev–Trinajstić information content (AvgIpc) is 2.47. The van der Waals surface area contributed by atoms with Gasteiger partial charge in [-0.15, -0.1) is 0 Å². The van der Waals surface area contributed by atoms with Crippen LogP contribution in [0.15, 0.2) is 30.3 Å². The standard InChI is InChI=1S/C14H20N2O3/c1-11(19-10-13-9-15-7-8-18-13)14(17)16-12-5-3-2-4-6-12/h2-6,11,13,15H,7-10H2,1H3,(H,16,17). The van der Waals surface area contributed by atoms with Crippen molar-refractivity contribution in [2.45, 2.75) is 19.1 Å². The summed E-state index contributed by atoms with van der Waals surface area (Å²) in [6.07, 6.45) is -0.466. The van der Waals surface area contributed by atoms with Crippen LogP contribution in [-0.2, 0) is 14.3 Å². The number of nitrogens with one attached hydrogen (secondary N) is 2. The SMILES string of the molecule is CC(OCC1CNCCO1)C(=O)Nc1ccccc1. The molecule has 1 amide bonds. The van der Waals surface area contributed by atoms with Gasteiger partial charge in [0.15, 0.2) is 0 Å². The highest BCUT2D eigenvalue weighted by molar-refractivity contribution is 5.93. The number of hydrogen-bond acceptors (Lipinski definition) is 4. The lowest BCUT2D eigenvalue weighted by Crippen LogP contribution is -2.42. The molecule has 0 bridgehead atoms. The van der Waals surface area contributed by atoms with Crippen molar-refractivity contribution in [3.8, 4) is 0 Å². The van der Waals surface area contributed by atoms with E-state index in [2.05, 4.69) is 10.6 Å². The molecule has 1 aliphatic heterocycles. The summed E-state index contributed by atoms with van der Waals surface area (Å²) in [5, 5.41) is 6.03. The van der Waals surface area contributed by atoms with E-state index < -0.39 is 6.10 Å². The molecule has 0 aromatic heterocycles. The maximum atomic E-state index is 11.9. The van der Waals surface area contributed by atoms with Gasteiger partial charge in [-0.05, 0) is 19.1 Å². The van der Waals surface area contributed by atoms with E-state index in [0.717, 1.165) is 18.8 Å². The second-order valence-corrected chi connectivity index (χ2v) is 4.53. The number of hydrogen-bond donors (Lipinski definition) is 2. The van der Waals surface area contributed by atoms with Crippen LogP contribution in [0.3, 0.4) is 0 Å². The Balaban J connectivity index is 1.73. The number of amides is 1. The first-order valence-electron chi connectivity index (χ1n) is 6.55. The summed E-state index contributed by atoms with van der Waals surface area (Å²) in [4.78, 5) is 11.9. The van der Waals surface area contributed by atoms with E-state index in [9.17, 15) is 4.79 Å². The lowest BCUT2D eigenvalue weighted by Gasteiger charge is -2.24. The molecule has 2 N–H and O–H groups in total. The van der Waals surface area contributed by atoms with E-state index in [1.807, 2.05) is 30.3 Å². The molecule has 2 rings (SSSR count). The number of anilines is 1. The van der Waals surface area contributed by atoms with Crippen LogP contribution in [0.25, 0.3) is 0 Å². The highest BCUT2D eigenvalue weighted by Crippen LogP contribution is 2.07. The highest BCUT2D eigenvalue weighted by atomic mass is 16.5. The van der Waals surface area contributed by atoms with Gasteiger partial charge in [0.1, 0.15) is 6.10 Å². The van der Waals surface area contributed by atoms with Crippen LogP contribution in [0, 0.1) is 0 Å². The minimum atomic E-state index is -0.495. The first-order chi connectivity index (χ1) is 9.25. The van der Waals surface area contributed by atoms with Gasteiger partial charge in [-0.2, -0.15) is 0 Å². The summed E-state index contributed by atoms with van der Waals surface area (Å²) in [7, 11) is 0. The third-order valence-corrected chi connectivity index (χ3v) is 2.95. The molecule has 1 fully saturated rings. The lowest BCUT2D eigenvalue weighted by molar-refractivity contribution is -0.129. The molecule has 1 aromatic rings. The van der Waals surface area contributed by atoms with Crippen molar-refractivity contribution >= 4 is 11.6 Å². The third-order valence-electron chi connectivity index (χ3n) is 2.95. The summed E-state index contributed by atoms with van der Waals surface area (Å²) in [6, 6.07) is 9.35. The Morgan fingerprint density at radius 2 is 2.32 bits per heavy atom. The van der Waals surface area contributed by atoms with Crippen LogP contribution in [0.4, 0.5) is 5.69 Å². The van der Waals surface area contributed by atoms with Gasteiger partial charge in [0.25, 0.3) is 5.91 Å². The zero-order chi connectivity index (χ0) is 13.5. The average molecular weight is 264 g/mol. The van der Waals surface area contributed by atoms with Crippen molar-refractivity contribution in [1.82, 2.24) is 5.32 Å². The van der Waals surface area contributed by atoms with Gasteiger partial charge in [-0.3, -0.25) is 4.79 Å². The first kappa shape index (κ1) is 14.0. The molecule has 5 nitrogen and oxygen atoms in total. The van der Waals surface area contributed by atoms with Gasteiger partial charge in [-0.1, -0.05) is 18.2 Å². The third kappa shape index (κ3) is 4.63. The lowest BCUT2D eigenvalue weighted by atomic mass is 10.3. The summed E-state index contributed by atoms with van der Waals surface area (Å²) in [5.74, 6) is -0.144. The Bertz CT molecular complexity index is 391. The summed E-state index contributed by atoms with van der Waals surface area (Å²) < 4.78 is 11.0. The number of ether oxygens (including phenoxy) is 2. The van der Waals surface area contributed by atoms with Gasteiger partial charge in [-0.25, -0.2) is 0 Å². The maximum Gasteiger partial charge on any atom is 0.253 e. The second-order valence-electron chi connectivity index (χ2n) is 4.53. The quantitative estimate of drug-likeness (QED) is 0.833. The molecule has 0 aliphatic carbocycles. The Labute approximate surface area is 113 Å². The minimum absolute atomic E-state index is 0.0284. The van der Waals surface area contributed by atoms with Crippen molar-refractivity contribution in [3.63, 3.8) is 0 Å². The molecule has 1 heterocycles. The van der Waals surface area contributed by atoms with E-state index in [-0.39, 0.29) is 12.0 Å². The summed E-state index contributed by atoms with van der Waals surface area (Å²) in [5.41, 5.74) is 0.776. The topological polar surface area (TPSA) is 59.6 Å². The molecule has 0 spiro atoms. The molecule has 104 valence electrons. The molecule has 2 atom stereocenters. The van der Waals surface area contributed by atoms with E-state index in [1.165, 1.54) is 0 Å². The van der Waals surface area contributed by atoms with Crippen molar-refractivity contribution in [3.05, 3.63) is 30.3 Å². The minimum Gasteiger partial charge on any atom is -0.373 e. The number of para-hydroxylation sites is 1. The number of benzene rings is 1. The molecule has 1 aromatic carbocycles. The van der Waals surface area contributed by atoms with E-state index in [1.54, 1.807) is 6.92 Å².